The van der Waals surface area contributed by atoms with Gasteiger partial charge in [0.25, 0.3) is 0 Å². The van der Waals surface area contributed by atoms with Crippen molar-refractivity contribution in [1.29, 1.82) is 0 Å². The molecular formula is C43H30. The molecule has 0 bridgehead atoms. The molecule has 0 spiro atoms. The maximum Gasteiger partial charge on any atom is 0.0159 e. The Balaban J connectivity index is 1.44. The van der Waals surface area contributed by atoms with Crippen LogP contribution in [0.1, 0.15) is 25.0 Å². The summed E-state index contributed by atoms with van der Waals surface area (Å²) >= 11 is 0. The van der Waals surface area contributed by atoms with Gasteiger partial charge in [-0.2, -0.15) is 0 Å². The number of rotatable bonds is 2. The van der Waals surface area contributed by atoms with E-state index in [2.05, 4.69) is 159 Å². The molecule has 9 rings (SSSR count). The summed E-state index contributed by atoms with van der Waals surface area (Å²) in [5, 5.41) is 10.5. The Hall–Kier alpha value is -5.20. The molecule has 0 aliphatic heterocycles. The largest absolute Gasteiger partial charge is 0.0622 e. The van der Waals surface area contributed by atoms with Crippen LogP contribution in [0.3, 0.4) is 0 Å². The van der Waals surface area contributed by atoms with Crippen molar-refractivity contribution in [2.24, 2.45) is 0 Å². The molecule has 0 unspecified atom stereocenters. The summed E-state index contributed by atoms with van der Waals surface area (Å²) in [6.07, 6.45) is 0. The van der Waals surface area contributed by atoms with E-state index in [-0.39, 0.29) is 5.41 Å². The van der Waals surface area contributed by atoms with Gasteiger partial charge in [0.2, 0.25) is 0 Å². The van der Waals surface area contributed by atoms with E-state index in [1.165, 1.54) is 87.6 Å². The van der Waals surface area contributed by atoms with Gasteiger partial charge in [0.05, 0.1) is 0 Å². The molecule has 0 amide bonds. The third kappa shape index (κ3) is 3.38. The Morgan fingerprint density at radius 3 is 1.86 bits per heavy atom. The summed E-state index contributed by atoms with van der Waals surface area (Å²) in [5.41, 5.74) is 10.5. The monoisotopic (exact) mass is 546 g/mol. The minimum atomic E-state index is -0.0841. The van der Waals surface area contributed by atoms with Crippen LogP contribution >= 0.6 is 0 Å². The van der Waals surface area contributed by atoms with Gasteiger partial charge >= 0.3 is 0 Å². The van der Waals surface area contributed by atoms with Crippen molar-refractivity contribution in [2.45, 2.75) is 19.3 Å². The molecule has 0 heteroatoms. The maximum absolute atomic E-state index is 2.47. The standard InChI is InChI=1S/C43H30/c1-43(2)37-25-23-30(26-36(37)34-20-10-15-28-16-11-21-38(43)40(28)34)39-32-18-8-9-19-33(32)41(29-13-4-3-5-14-29)42-31-17-7-6-12-27(31)22-24-35(39)42/h3-26H,1-2H3. The molecule has 1 aliphatic rings. The van der Waals surface area contributed by atoms with Gasteiger partial charge in [-0.3, -0.25) is 0 Å². The molecule has 0 aromatic heterocycles. The fourth-order valence-corrected chi connectivity index (χ4v) is 7.86. The van der Waals surface area contributed by atoms with Crippen LogP contribution in [-0.4, -0.2) is 0 Å². The van der Waals surface area contributed by atoms with E-state index in [1.54, 1.807) is 0 Å². The summed E-state index contributed by atoms with van der Waals surface area (Å²) in [6, 6.07) is 54.2. The number of fused-ring (bicyclic) bond motifs is 6. The molecule has 0 heterocycles. The van der Waals surface area contributed by atoms with E-state index < -0.39 is 0 Å². The average Bonchev–Trinajstić information content (AvgIpc) is 3.06. The molecule has 8 aromatic carbocycles. The quantitative estimate of drug-likeness (QED) is 0.149. The first-order chi connectivity index (χ1) is 21.1. The predicted molar refractivity (Wildman–Crippen MR) is 185 cm³/mol. The number of hydrogen-bond acceptors (Lipinski definition) is 0. The molecule has 0 saturated heterocycles. The van der Waals surface area contributed by atoms with Gasteiger partial charge in [-0.05, 0) is 93.7 Å². The van der Waals surface area contributed by atoms with Crippen LogP contribution in [0.25, 0.3) is 76.5 Å². The molecule has 1 aliphatic carbocycles. The summed E-state index contributed by atoms with van der Waals surface area (Å²) < 4.78 is 0. The second-order valence-electron chi connectivity index (χ2n) is 12.5. The SMILES string of the molecule is CC1(C)c2ccc(-c3c4ccccc4c(-c4ccccc4)c4c3ccc3ccccc34)cc2-c2cccc3cccc1c23. The van der Waals surface area contributed by atoms with Crippen LogP contribution < -0.4 is 0 Å². The minimum Gasteiger partial charge on any atom is -0.0622 e. The molecule has 8 aromatic rings. The maximum atomic E-state index is 2.47. The van der Waals surface area contributed by atoms with Crippen LogP contribution in [0.5, 0.6) is 0 Å². The molecular weight excluding hydrogens is 516 g/mol. The first-order valence-electron chi connectivity index (χ1n) is 15.2. The zero-order valence-electron chi connectivity index (χ0n) is 24.4. The Kier molecular flexibility index (Phi) is 5.05. The zero-order chi connectivity index (χ0) is 28.7. The molecule has 0 N–H and O–H groups in total. The summed E-state index contributed by atoms with van der Waals surface area (Å²) in [6.45, 7) is 4.75. The first-order valence-corrected chi connectivity index (χ1v) is 15.2. The lowest BCUT2D eigenvalue weighted by molar-refractivity contribution is 0.645. The highest BCUT2D eigenvalue weighted by molar-refractivity contribution is 6.28. The van der Waals surface area contributed by atoms with Crippen LogP contribution in [0, 0.1) is 0 Å². The molecule has 0 nitrogen and oxygen atoms in total. The summed E-state index contributed by atoms with van der Waals surface area (Å²) in [7, 11) is 0. The lowest BCUT2D eigenvalue weighted by atomic mass is 9.68. The van der Waals surface area contributed by atoms with Crippen molar-refractivity contribution in [1.82, 2.24) is 0 Å². The van der Waals surface area contributed by atoms with Crippen LogP contribution in [-0.2, 0) is 5.41 Å². The van der Waals surface area contributed by atoms with Gasteiger partial charge in [0, 0.05) is 5.41 Å². The van der Waals surface area contributed by atoms with E-state index in [0.717, 1.165) is 0 Å². The lowest BCUT2D eigenvalue weighted by Crippen LogP contribution is -2.23. The Morgan fingerprint density at radius 2 is 1.05 bits per heavy atom. The molecule has 0 radical (unpaired) electrons. The highest BCUT2D eigenvalue weighted by Gasteiger charge is 2.33. The average molecular weight is 547 g/mol. The fourth-order valence-electron chi connectivity index (χ4n) is 7.86. The van der Waals surface area contributed by atoms with Crippen LogP contribution in [0.4, 0.5) is 0 Å². The third-order valence-electron chi connectivity index (χ3n) is 9.83. The van der Waals surface area contributed by atoms with E-state index in [4.69, 9.17) is 0 Å². The van der Waals surface area contributed by atoms with Gasteiger partial charge in [-0.15, -0.1) is 0 Å². The van der Waals surface area contributed by atoms with Crippen molar-refractivity contribution in [3.05, 3.63) is 157 Å². The number of hydrogen-bond donors (Lipinski definition) is 0. The van der Waals surface area contributed by atoms with E-state index in [9.17, 15) is 0 Å². The van der Waals surface area contributed by atoms with E-state index in [0.29, 0.717) is 0 Å². The van der Waals surface area contributed by atoms with Crippen molar-refractivity contribution in [3.8, 4) is 33.4 Å². The van der Waals surface area contributed by atoms with Gasteiger partial charge in [-0.1, -0.05) is 153 Å². The molecule has 43 heavy (non-hydrogen) atoms. The Labute approximate surface area is 251 Å². The van der Waals surface area contributed by atoms with Gasteiger partial charge < -0.3 is 0 Å². The minimum absolute atomic E-state index is 0.0841. The van der Waals surface area contributed by atoms with Gasteiger partial charge in [0.15, 0.2) is 0 Å². The molecule has 0 fully saturated rings. The molecule has 202 valence electrons. The van der Waals surface area contributed by atoms with Crippen molar-refractivity contribution in [2.75, 3.05) is 0 Å². The Bertz CT molecular complexity index is 2400. The summed E-state index contributed by atoms with van der Waals surface area (Å²) in [5.74, 6) is 0. The fraction of sp³-hybridized carbons (Fsp3) is 0.0698. The second-order valence-corrected chi connectivity index (χ2v) is 12.5. The molecule has 0 saturated carbocycles. The van der Waals surface area contributed by atoms with Crippen molar-refractivity contribution in [3.63, 3.8) is 0 Å². The highest BCUT2D eigenvalue weighted by Crippen LogP contribution is 2.51. The highest BCUT2D eigenvalue weighted by atomic mass is 14.4. The van der Waals surface area contributed by atoms with Crippen molar-refractivity contribution < 1.29 is 0 Å². The zero-order valence-corrected chi connectivity index (χ0v) is 24.4. The Morgan fingerprint density at radius 1 is 0.372 bits per heavy atom. The second kappa shape index (κ2) is 8.90. The van der Waals surface area contributed by atoms with E-state index >= 15 is 0 Å². The van der Waals surface area contributed by atoms with Crippen LogP contribution in [0.2, 0.25) is 0 Å². The smallest absolute Gasteiger partial charge is 0.0159 e. The summed E-state index contributed by atoms with van der Waals surface area (Å²) in [4.78, 5) is 0. The normalized spacial score (nSPS) is 13.5. The van der Waals surface area contributed by atoms with Crippen molar-refractivity contribution >= 4 is 43.1 Å². The van der Waals surface area contributed by atoms with E-state index in [1.807, 2.05) is 0 Å². The van der Waals surface area contributed by atoms with Gasteiger partial charge in [-0.25, -0.2) is 0 Å². The lowest BCUT2D eigenvalue weighted by Gasteiger charge is -2.35. The molecule has 0 atom stereocenters. The predicted octanol–water partition coefficient (Wildman–Crippen LogP) is 11.9. The van der Waals surface area contributed by atoms with Crippen LogP contribution in [0.15, 0.2) is 146 Å². The first kappa shape index (κ1) is 24.4. The van der Waals surface area contributed by atoms with Gasteiger partial charge in [0.1, 0.15) is 0 Å². The topological polar surface area (TPSA) is 0 Å². The number of benzene rings is 8. The third-order valence-corrected chi connectivity index (χ3v) is 9.83.